The molecule has 2 rings (SSSR count). The molecule has 2 aromatic rings. The molecule has 1 aromatic carbocycles. The zero-order valence-corrected chi connectivity index (χ0v) is 12.2. The summed E-state index contributed by atoms with van der Waals surface area (Å²) in [7, 11) is 3.10. The maximum absolute atomic E-state index is 11.8. The zero-order chi connectivity index (χ0) is 16.1. The van der Waals surface area contributed by atoms with Crippen LogP contribution in [0.2, 0.25) is 0 Å². The van der Waals surface area contributed by atoms with Crippen molar-refractivity contribution < 1.29 is 23.8 Å². The van der Waals surface area contributed by atoms with Gasteiger partial charge in [0.15, 0.2) is 11.5 Å². The fourth-order valence-corrected chi connectivity index (χ4v) is 1.90. The molecule has 3 N–H and O–H groups in total. The van der Waals surface area contributed by atoms with Crippen LogP contribution in [0.3, 0.4) is 0 Å². The standard InChI is InChI=1S/C13H16N4O5/c1-20-9-4-3-8(7-10(9)21-2)5-6-15-13(18)11-12(14)16-22-17(11)19/h3-4,7H,5-6H2,1-2H3,(H2,14,16)(H,15,18). The summed E-state index contributed by atoms with van der Waals surface area (Å²) in [6.45, 7) is 0.305. The highest BCUT2D eigenvalue weighted by molar-refractivity contribution is 5.94. The summed E-state index contributed by atoms with van der Waals surface area (Å²) in [6.07, 6.45) is 0.538. The van der Waals surface area contributed by atoms with E-state index in [1.54, 1.807) is 20.3 Å². The lowest BCUT2D eigenvalue weighted by Gasteiger charge is -2.09. The molecular weight excluding hydrogens is 292 g/mol. The number of nitrogens with two attached hydrogens (primary N) is 1. The third-order valence-corrected chi connectivity index (χ3v) is 3.00. The minimum atomic E-state index is -0.644. The average Bonchev–Trinajstić information content (AvgIpc) is 2.86. The number of anilines is 1. The van der Waals surface area contributed by atoms with E-state index in [0.29, 0.717) is 24.5 Å². The number of methoxy groups -OCH3 is 2. The first-order chi connectivity index (χ1) is 10.6. The summed E-state index contributed by atoms with van der Waals surface area (Å²) >= 11 is 0. The third kappa shape index (κ3) is 3.19. The van der Waals surface area contributed by atoms with Crippen molar-refractivity contribution >= 4 is 11.7 Å². The van der Waals surface area contributed by atoms with Crippen molar-refractivity contribution in [3.05, 3.63) is 34.7 Å². The summed E-state index contributed by atoms with van der Waals surface area (Å²) in [5.74, 6) is 0.333. The van der Waals surface area contributed by atoms with E-state index in [0.717, 1.165) is 5.56 Å². The fourth-order valence-electron chi connectivity index (χ4n) is 1.90. The molecule has 22 heavy (non-hydrogen) atoms. The zero-order valence-electron chi connectivity index (χ0n) is 12.2. The van der Waals surface area contributed by atoms with Crippen LogP contribution < -0.4 is 25.4 Å². The first kappa shape index (κ1) is 15.4. The summed E-state index contributed by atoms with van der Waals surface area (Å²) in [6, 6.07) is 5.45. The van der Waals surface area contributed by atoms with E-state index in [9.17, 15) is 10.0 Å². The van der Waals surface area contributed by atoms with Crippen molar-refractivity contribution in [3.63, 3.8) is 0 Å². The second-order valence-electron chi connectivity index (χ2n) is 4.36. The van der Waals surface area contributed by atoms with Crippen LogP contribution in [0.1, 0.15) is 16.1 Å². The number of rotatable bonds is 6. The van der Waals surface area contributed by atoms with E-state index in [2.05, 4.69) is 15.1 Å². The summed E-state index contributed by atoms with van der Waals surface area (Å²) < 4.78 is 14.6. The Morgan fingerprint density at radius 1 is 1.41 bits per heavy atom. The Morgan fingerprint density at radius 2 is 2.14 bits per heavy atom. The van der Waals surface area contributed by atoms with Gasteiger partial charge in [-0.1, -0.05) is 6.07 Å². The molecule has 0 aliphatic rings. The van der Waals surface area contributed by atoms with E-state index < -0.39 is 5.91 Å². The van der Waals surface area contributed by atoms with Crippen molar-refractivity contribution in [2.75, 3.05) is 26.5 Å². The maximum atomic E-state index is 11.8. The van der Waals surface area contributed by atoms with Gasteiger partial charge < -0.3 is 25.7 Å². The van der Waals surface area contributed by atoms with Crippen LogP contribution in [0.15, 0.2) is 22.8 Å². The molecule has 0 unspecified atom stereocenters. The third-order valence-electron chi connectivity index (χ3n) is 3.00. The van der Waals surface area contributed by atoms with Crippen molar-refractivity contribution in [1.29, 1.82) is 0 Å². The van der Waals surface area contributed by atoms with Crippen LogP contribution >= 0.6 is 0 Å². The van der Waals surface area contributed by atoms with Gasteiger partial charge in [0.1, 0.15) is 0 Å². The second kappa shape index (κ2) is 6.66. The van der Waals surface area contributed by atoms with Crippen LogP contribution in [-0.4, -0.2) is 31.8 Å². The largest absolute Gasteiger partial charge is 0.493 e. The molecule has 1 heterocycles. The van der Waals surface area contributed by atoms with Gasteiger partial charge in [-0.05, 0) is 29.0 Å². The number of benzene rings is 1. The Balaban J connectivity index is 1.95. The van der Waals surface area contributed by atoms with Crippen LogP contribution in [-0.2, 0) is 6.42 Å². The number of carbonyl (C=O) groups excluding carboxylic acids is 1. The first-order valence-electron chi connectivity index (χ1n) is 6.41. The van der Waals surface area contributed by atoms with E-state index in [4.69, 9.17) is 15.2 Å². The lowest BCUT2D eigenvalue weighted by atomic mass is 10.1. The van der Waals surface area contributed by atoms with Gasteiger partial charge in [-0.25, -0.2) is 0 Å². The van der Waals surface area contributed by atoms with Gasteiger partial charge in [0.05, 0.1) is 19.4 Å². The van der Waals surface area contributed by atoms with Crippen molar-refractivity contribution in [2.45, 2.75) is 6.42 Å². The highest BCUT2D eigenvalue weighted by atomic mass is 16.8. The maximum Gasteiger partial charge on any atom is 0.318 e. The first-order valence-corrected chi connectivity index (χ1v) is 6.41. The molecule has 0 saturated carbocycles. The number of nitrogen functional groups attached to an aromatic ring is 1. The van der Waals surface area contributed by atoms with Crippen molar-refractivity contribution in [1.82, 2.24) is 10.5 Å². The lowest BCUT2D eigenvalue weighted by Crippen LogP contribution is -2.38. The Labute approximate surface area is 126 Å². The minimum absolute atomic E-state index is 0.0267. The topological polar surface area (TPSA) is 127 Å². The smallest absolute Gasteiger partial charge is 0.318 e. The molecule has 9 heteroatoms. The highest BCUT2D eigenvalue weighted by Gasteiger charge is 2.23. The van der Waals surface area contributed by atoms with Crippen molar-refractivity contribution in [3.8, 4) is 11.5 Å². The number of hydrogen-bond donors (Lipinski definition) is 2. The summed E-state index contributed by atoms with van der Waals surface area (Å²) in [4.78, 5) is 11.8. The molecule has 0 atom stereocenters. The highest BCUT2D eigenvalue weighted by Crippen LogP contribution is 2.27. The Kier molecular flexibility index (Phi) is 4.66. The quantitative estimate of drug-likeness (QED) is 0.712. The average molecular weight is 308 g/mol. The molecule has 1 aromatic heterocycles. The fraction of sp³-hybridized carbons (Fsp3) is 0.308. The number of aromatic nitrogens is 2. The minimum Gasteiger partial charge on any atom is -0.493 e. The number of amides is 1. The number of nitrogens with one attached hydrogen (secondary N) is 1. The Hall–Kier alpha value is -2.97. The second-order valence-corrected chi connectivity index (χ2v) is 4.36. The van der Waals surface area contributed by atoms with E-state index in [1.165, 1.54) is 0 Å². The Bertz CT molecular complexity index is 651. The molecule has 0 radical (unpaired) electrons. The molecule has 0 fully saturated rings. The molecule has 0 spiro atoms. The van der Waals surface area contributed by atoms with Gasteiger partial charge in [-0.15, -0.1) is 0 Å². The molecular formula is C13H16N4O5. The van der Waals surface area contributed by atoms with Gasteiger partial charge in [0.2, 0.25) is 0 Å². The molecule has 1 amide bonds. The molecule has 0 saturated heterocycles. The van der Waals surface area contributed by atoms with Gasteiger partial charge >= 0.3 is 17.4 Å². The van der Waals surface area contributed by atoms with E-state index in [1.807, 2.05) is 12.1 Å². The molecule has 118 valence electrons. The SMILES string of the molecule is COc1ccc(CCNC(=O)c2c(N)no[n+]2[O-])cc1OC. The summed E-state index contributed by atoms with van der Waals surface area (Å²) in [5.41, 5.74) is 5.96. The predicted molar refractivity (Wildman–Crippen MR) is 75.5 cm³/mol. The van der Waals surface area contributed by atoms with Crippen LogP contribution in [0.4, 0.5) is 5.82 Å². The Morgan fingerprint density at radius 3 is 2.73 bits per heavy atom. The molecule has 0 aliphatic heterocycles. The number of ether oxygens (including phenoxy) is 2. The van der Waals surface area contributed by atoms with Crippen LogP contribution in [0, 0.1) is 5.21 Å². The number of carbonyl (C=O) groups is 1. The molecule has 9 nitrogen and oxygen atoms in total. The van der Waals surface area contributed by atoms with Gasteiger partial charge in [-0.2, -0.15) is 0 Å². The van der Waals surface area contributed by atoms with Gasteiger partial charge in [0, 0.05) is 6.54 Å². The number of nitrogens with zero attached hydrogens (tertiary/aromatic N) is 2. The van der Waals surface area contributed by atoms with Crippen LogP contribution in [0.5, 0.6) is 11.5 Å². The van der Waals surface area contributed by atoms with Crippen molar-refractivity contribution in [2.24, 2.45) is 0 Å². The molecule has 0 bridgehead atoms. The lowest BCUT2D eigenvalue weighted by molar-refractivity contribution is -0.803. The monoisotopic (exact) mass is 308 g/mol. The summed E-state index contributed by atoms with van der Waals surface area (Å²) in [5, 5.41) is 17.0. The normalized spacial score (nSPS) is 10.3. The van der Waals surface area contributed by atoms with E-state index in [-0.39, 0.29) is 16.4 Å². The van der Waals surface area contributed by atoms with Gasteiger partial charge in [0.25, 0.3) is 0 Å². The van der Waals surface area contributed by atoms with E-state index >= 15 is 0 Å². The predicted octanol–water partition coefficient (Wildman–Crippen LogP) is -0.120. The van der Waals surface area contributed by atoms with Crippen LogP contribution in [0.25, 0.3) is 0 Å². The number of hydrogen-bond acceptors (Lipinski definition) is 7. The molecule has 0 aliphatic carbocycles. The van der Waals surface area contributed by atoms with Gasteiger partial charge in [-0.3, -0.25) is 9.42 Å².